The predicted molar refractivity (Wildman–Crippen MR) is 187 cm³/mol. The van der Waals surface area contributed by atoms with Crippen molar-refractivity contribution in [2.24, 2.45) is 11.3 Å². The van der Waals surface area contributed by atoms with Crippen LogP contribution >= 0.6 is 0 Å². The van der Waals surface area contributed by atoms with Crippen LogP contribution in [0.3, 0.4) is 0 Å². The number of carboxylic acids is 1. The van der Waals surface area contributed by atoms with Crippen LogP contribution < -0.4 is 20.1 Å². The van der Waals surface area contributed by atoms with Crippen molar-refractivity contribution < 1.29 is 53.1 Å². The standard InChI is InChI=1S/C36H38FN5O10/c1-19(15-23-17-42(41-40-23)18-52-35(49)36(2,3)4)32(45)38-22-10-7-20(8-11-22)26(37)16-21-9-12-24(28(43)30(21)50-5)33(46)39-27-14-13-25(34(47)48)29(44)31(27)51-6/h7-14,16-17,19,43-44H,15,18H2,1-6H3,(H,38,45)(H,39,46)(H,47,48)/b26-16-/t19-/m0/s1. The third-order valence-corrected chi connectivity index (χ3v) is 7.62. The molecule has 0 saturated carbocycles. The van der Waals surface area contributed by atoms with Gasteiger partial charge in [0, 0.05) is 29.2 Å². The Labute approximate surface area is 297 Å². The molecule has 52 heavy (non-hydrogen) atoms. The maximum atomic E-state index is 15.4. The molecule has 5 N–H and O–H groups in total. The summed E-state index contributed by atoms with van der Waals surface area (Å²) in [5, 5.41) is 43.5. The Bertz CT molecular complexity index is 2020. The zero-order valence-corrected chi connectivity index (χ0v) is 29.2. The van der Waals surface area contributed by atoms with Crippen LogP contribution in [-0.2, 0) is 27.5 Å². The Kier molecular flexibility index (Phi) is 11.8. The molecule has 1 atom stereocenters. The van der Waals surface area contributed by atoms with E-state index in [1.807, 2.05) is 0 Å². The number of aromatic nitrogens is 3. The summed E-state index contributed by atoms with van der Waals surface area (Å²) in [4.78, 5) is 49.2. The number of hydrogen-bond acceptors (Lipinski definition) is 11. The number of phenolic OH excluding ortho intramolecular Hbond substituents is 1. The zero-order valence-electron chi connectivity index (χ0n) is 29.2. The number of nitrogens with zero attached hydrogens (tertiary/aromatic N) is 3. The summed E-state index contributed by atoms with van der Waals surface area (Å²) in [6.45, 7) is 6.82. The maximum absolute atomic E-state index is 15.4. The van der Waals surface area contributed by atoms with Crippen LogP contribution in [0.5, 0.6) is 23.0 Å². The van der Waals surface area contributed by atoms with E-state index in [9.17, 15) is 34.5 Å². The third kappa shape index (κ3) is 9.01. The van der Waals surface area contributed by atoms with Crippen LogP contribution in [0.1, 0.15) is 65.2 Å². The normalized spacial score (nSPS) is 12.1. The van der Waals surface area contributed by atoms with Crippen LogP contribution in [0.2, 0.25) is 0 Å². The van der Waals surface area contributed by atoms with Gasteiger partial charge in [-0.05, 0) is 69.3 Å². The Morgan fingerprint density at radius 1 is 0.923 bits per heavy atom. The number of benzene rings is 3. The summed E-state index contributed by atoms with van der Waals surface area (Å²) in [7, 11) is 2.40. The second-order valence-electron chi connectivity index (χ2n) is 12.6. The van der Waals surface area contributed by atoms with Gasteiger partial charge in [-0.1, -0.05) is 18.2 Å². The fourth-order valence-corrected chi connectivity index (χ4v) is 4.78. The number of carbonyl (C=O) groups is 4. The molecule has 1 heterocycles. The van der Waals surface area contributed by atoms with Gasteiger partial charge in [0.2, 0.25) is 5.91 Å². The number of esters is 1. The van der Waals surface area contributed by atoms with Gasteiger partial charge in [-0.15, -0.1) is 5.10 Å². The van der Waals surface area contributed by atoms with Gasteiger partial charge < -0.3 is 40.2 Å². The van der Waals surface area contributed by atoms with E-state index in [1.54, 1.807) is 33.9 Å². The number of aromatic hydroxyl groups is 2. The first-order chi connectivity index (χ1) is 24.5. The number of hydrogen-bond donors (Lipinski definition) is 5. The highest BCUT2D eigenvalue weighted by Crippen LogP contribution is 2.40. The number of aromatic carboxylic acids is 1. The molecule has 3 aromatic carbocycles. The molecule has 274 valence electrons. The number of carbonyl (C=O) groups excluding carboxylic acids is 3. The summed E-state index contributed by atoms with van der Waals surface area (Å²) in [6, 6.07) is 10.8. The molecule has 4 aromatic rings. The second-order valence-corrected chi connectivity index (χ2v) is 12.6. The van der Waals surface area contributed by atoms with Crippen molar-refractivity contribution in [3.05, 3.63) is 82.7 Å². The number of amides is 2. The van der Waals surface area contributed by atoms with Crippen molar-refractivity contribution >= 4 is 47.0 Å². The van der Waals surface area contributed by atoms with Crippen molar-refractivity contribution in [3.8, 4) is 23.0 Å². The molecule has 0 saturated heterocycles. The summed E-state index contributed by atoms with van der Waals surface area (Å²) in [5.74, 6) is -5.99. The number of halogens is 1. The van der Waals surface area contributed by atoms with Gasteiger partial charge in [0.05, 0.1) is 42.8 Å². The first-order valence-electron chi connectivity index (χ1n) is 15.7. The SMILES string of the molecule is COc1c(/C=C(\F)c2ccc(NC(=O)[C@@H](C)Cc3cn(COC(=O)C(C)(C)C)nn3)cc2)ccc(C(=O)Nc2ccc(C(=O)O)c(O)c2OC)c1O. The lowest BCUT2D eigenvalue weighted by atomic mass is 9.98. The summed E-state index contributed by atoms with van der Waals surface area (Å²) < 4.78 is 32.3. The first-order valence-corrected chi connectivity index (χ1v) is 15.7. The van der Waals surface area contributed by atoms with Gasteiger partial charge in [0.15, 0.2) is 29.7 Å². The minimum atomic E-state index is -1.41. The van der Waals surface area contributed by atoms with E-state index in [4.69, 9.17) is 14.2 Å². The number of rotatable bonds is 13. The average molecular weight is 720 g/mol. The second kappa shape index (κ2) is 16.1. The summed E-state index contributed by atoms with van der Waals surface area (Å²) in [5.41, 5.74) is -0.243. The monoisotopic (exact) mass is 719 g/mol. The van der Waals surface area contributed by atoms with E-state index >= 15 is 4.39 Å². The van der Waals surface area contributed by atoms with Gasteiger partial charge >= 0.3 is 11.9 Å². The van der Waals surface area contributed by atoms with Crippen LogP contribution in [0.4, 0.5) is 15.8 Å². The fraction of sp³-hybridized carbons (Fsp3) is 0.278. The summed E-state index contributed by atoms with van der Waals surface area (Å²) >= 11 is 0. The first kappa shape index (κ1) is 38.4. The Morgan fingerprint density at radius 3 is 2.17 bits per heavy atom. The number of anilines is 2. The largest absolute Gasteiger partial charge is 0.504 e. The molecule has 0 radical (unpaired) electrons. The molecule has 15 nitrogen and oxygen atoms in total. The zero-order chi connectivity index (χ0) is 38.3. The van der Waals surface area contributed by atoms with Crippen molar-refractivity contribution in [3.63, 3.8) is 0 Å². The highest BCUT2D eigenvalue weighted by atomic mass is 19.1. The lowest BCUT2D eigenvalue weighted by Gasteiger charge is -2.16. The van der Waals surface area contributed by atoms with Gasteiger partial charge in [-0.3, -0.25) is 14.4 Å². The number of phenols is 2. The molecule has 0 aliphatic rings. The molecule has 2 amide bonds. The Hall–Kier alpha value is -6.45. The van der Waals surface area contributed by atoms with Gasteiger partial charge in [0.1, 0.15) is 11.4 Å². The highest BCUT2D eigenvalue weighted by Gasteiger charge is 2.25. The van der Waals surface area contributed by atoms with E-state index in [-0.39, 0.29) is 58.9 Å². The van der Waals surface area contributed by atoms with Crippen molar-refractivity contribution in [1.29, 1.82) is 0 Å². The van der Waals surface area contributed by atoms with E-state index in [0.717, 1.165) is 12.1 Å². The smallest absolute Gasteiger partial charge is 0.339 e. The maximum Gasteiger partial charge on any atom is 0.339 e. The van der Waals surface area contributed by atoms with E-state index in [0.29, 0.717) is 11.4 Å². The van der Waals surface area contributed by atoms with E-state index in [2.05, 4.69) is 20.9 Å². The third-order valence-electron chi connectivity index (χ3n) is 7.62. The molecule has 0 bridgehead atoms. The molecule has 0 aliphatic heterocycles. The highest BCUT2D eigenvalue weighted by molar-refractivity contribution is 6.08. The van der Waals surface area contributed by atoms with Gasteiger partial charge in [-0.2, -0.15) is 0 Å². The number of nitrogens with one attached hydrogen (secondary N) is 2. The van der Waals surface area contributed by atoms with Gasteiger partial charge in [-0.25, -0.2) is 13.9 Å². The fourth-order valence-electron chi connectivity index (χ4n) is 4.78. The predicted octanol–water partition coefficient (Wildman–Crippen LogP) is 5.49. The number of methoxy groups -OCH3 is 2. The van der Waals surface area contributed by atoms with Crippen molar-refractivity contribution in [2.45, 2.75) is 40.8 Å². The Balaban J connectivity index is 1.41. The lowest BCUT2D eigenvalue weighted by molar-refractivity contribution is -0.157. The van der Waals surface area contributed by atoms with Gasteiger partial charge in [0.25, 0.3) is 5.91 Å². The molecule has 4 rings (SSSR count). The van der Waals surface area contributed by atoms with Crippen LogP contribution in [0.15, 0.2) is 54.7 Å². The van der Waals surface area contributed by atoms with Crippen LogP contribution in [0, 0.1) is 11.3 Å². The molecular weight excluding hydrogens is 681 g/mol. The molecule has 0 fully saturated rings. The molecule has 16 heteroatoms. The Morgan fingerprint density at radius 2 is 1.56 bits per heavy atom. The van der Waals surface area contributed by atoms with E-state index < -0.39 is 46.1 Å². The van der Waals surface area contributed by atoms with E-state index in [1.165, 1.54) is 61.4 Å². The van der Waals surface area contributed by atoms with Crippen molar-refractivity contribution in [1.82, 2.24) is 15.0 Å². The number of carboxylic acid groups (broad SMARTS) is 1. The number of ether oxygens (including phenoxy) is 3. The minimum Gasteiger partial charge on any atom is -0.504 e. The molecule has 0 aliphatic carbocycles. The van der Waals surface area contributed by atoms with Crippen LogP contribution in [-0.4, -0.2) is 68.3 Å². The van der Waals surface area contributed by atoms with Crippen LogP contribution in [0.25, 0.3) is 11.9 Å². The average Bonchev–Trinajstić information content (AvgIpc) is 3.54. The summed E-state index contributed by atoms with van der Waals surface area (Å²) in [6.07, 6.45) is 2.95. The molecular formula is C36H38FN5O10. The minimum absolute atomic E-state index is 0.0702. The van der Waals surface area contributed by atoms with Crippen molar-refractivity contribution in [2.75, 3.05) is 24.9 Å². The topological polar surface area (TPSA) is 211 Å². The molecule has 0 spiro atoms. The molecule has 0 unspecified atom stereocenters. The molecule has 1 aromatic heterocycles. The lowest BCUT2D eigenvalue weighted by Crippen LogP contribution is -2.24. The quantitative estimate of drug-likeness (QED) is 0.0858.